The number of rotatable bonds is 9. The van der Waals surface area contributed by atoms with Crippen LogP contribution in [0.4, 0.5) is 0 Å². The lowest BCUT2D eigenvalue weighted by molar-refractivity contribution is 0.0646. The van der Waals surface area contributed by atoms with Crippen LogP contribution in [-0.4, -0.2) is 39.0 Å². The second-order valence-corrected chi connectivity index (χ2v) is 6.48. The summed E-state index contributed by atoms with van der Waals surface area (Å²) in [7, 11) is 1.70. The summed E-state index contributed by atoms with van der Waals surface area (Å²) in [5.74, 6) is 0. The standard InChI is InChI=1S/C14H31NO2/c1-13(2,3)15-12-14(4,5)8-7-9-17-11-10-16-6/h15H,7-12H2,1-6H3. The molecule has 0 aromatic heterocycles. The molecule has 0 amide bonds. The molecule has 0 saturated heterocycles. The topological polar surface area (TPSA) is 30.5 Å². The Bertz CT molecular complexity index is 185. The van der Waals surface area contributed by atoms with Crippen LogP contribution >= 0.6 is 0 Å². The predicted octanol–water partition coefficient (Wildman–Crippen LogP) is 2.84. The van der Waals surface area contributed by atoms with Gasteiger partial charge in [0.15, 0.2) is 0 Å². The molecule has 0 aromatic rings. The highest BCUT2D eigenvalue weighted by atomic mass is 16.5. The van der Waals surface area contributed by atoms with Crippen molar-refractivity contribution in [2.45, 2.75) is 53.0 Å². The summed E-state index contributed by atoms with van der Waals surface area (Å²) in [6, 6.07) is 0. The van der Waals surface area contributed by atoms with E-state index >= 15 is 0 Å². The van der Waals surface area contributed by atoms with Crippen LogP contribution in [0.15, 0.2) is 0 Å². The van der Waals surface area contributed by atoms with Crippen molar-refractivity contribution in [3.05, 3.63) is 0 Å². The highest BCUT2D eigenvalue weighted by molar-refractivity contribution is 4.78. The van der Waals surface area contributed by atoms with Crippen LogP contribution in [0.1, 0.15) is 47.5 Å². The van der Waals surface area contributed by atoms with Gasteiger partial charge in [0.1, 0.15) is 0 Å². The molecule has 0 radical (unpaired) electrons. The molecule has 0 aromatic carbocycles. The first-order valence-electron chi connectivity index (χ1n) is 6.58. The molecule has 3 nitrogen and oxygen atoms in total. The number of methoxy groups -OCH3 is 1. The molecular formula is C14H31NO2. The summed E-state index contributed by atoms with van der Waals surface area (Å²) in [6.45, 7) is 14.5. The molecule has 1 N–H and O–H groups in total. The SMILES string of the molecule is COCCOCCCC(C)(C)CNC(C)(C)C. The van der Waals surface area contributed by atoms with Crippen LogP contribution in [0.2, 0.25) is 0 Å². The van der Waals surface area contributed by atoms with Crippen molar-refractivity contribution in [1.29, 1.82) is 0 Å². The van der Waals surface area contributed by atoms with Crippen molar-refractivity contribution in [2.24, 2.45) is 5.41 Å². The molecule has 17 heavy (non-hydrogen) atoms. The molecule has 0 rings (SSSR count). The summed E-state index contributed by atoms with van der Waals surface area (Å²) in [6.07, 6.45) is 2.30. The van der Waals surface area contributed by atoms with E-state index in [0.29, 0.717) is 18.6 Å². The van der Waals surface area contributed by atoms with Crippen LogP contribution in [0, 0.1) is 5.41 Å². The Morgan fingerprint density at radius 2 is 1.59 bits per heavy atom. The van der Waals surface area contributed by atoms with Crippen LogP contribution < -0.4 is 5.32 Å². The maximum absolute atomic E-state index is 5.47. The lowest BCUT2D eigenvalue weighted by atomic mass is 9.87. The van der Waals surface area contributed by atoms with Crippen molar-refractivity contribution >= 4 is 0 Å². The van der Waals surface area contributed by atoms with Gasteiger partial charge in [-0.15, -0.1) is 0 Å². The maximum Gasteiger partial charge on any atom is 0.0700 e. The van der Waals surface area contributed by atoms with Gasteiger partial charge in [0.25, 0.3) is 0 Å². The summed E-state index contributed by atoms with van der Waals surface area (Å²) in [5.41, 5.74) is 0.532. The van der Waals surface area contributed by atoms with E-state index in [9.17, 15) is 0 Å². The van der Waals surface area contributed by atoms with E-state index in [0.717, 1.165) is 19.6 Å². The fourth-order valence-corrected chi connectivity index (χ4v) is 1.49. The number of hydrogen-bond acceptors (Lipinski definition) is 3. The molecular weight excluding hydrogens is 214 g/mol. The average Bonchev–Trinajstić information content (AvgIpc) is 2.20. The second-order valence-electron chi connectivity index (χ2n) is 6.48. The van der Waals surface area contributed by atoms with Crippen LogP contribution in [0.5, 0.6) is 0 Å². The summed E-state index contributed by atoms with van der Waals surface area (Å²) in [5, 5.41) is 3.56. The zero-order valence-corrected chi connectivity index (χ0v) is 12.6. The fraction of sp³-hybridized carbons (Fsp3) is 1.00. The van der Waals surface area contributed by atoms with Gasteiger partial charge in [-0.1, -0.05) is 13.8 Å². The van der Waals surface area contributed by atoms with Gasteiger partial charge in [0.05, 0.1) is 13.2 Å². The Balaban J connectivity index is 3.57. The van der Waals surface area contributed by atoms with Gasteiger partial charge in [-0.2, -0.15) is 0 Å². The van der Waals surface area contributed by atoms with Crippen molar-refractivity contribution in [3.63, 3.8) is 0 Å². The fourth-order valence-electron chi connectivity index (χ4n) is 1.49. The zero-order valence-electron chi connectivity index (χ0n) is 12.6. The summed E-state index contributed by atoms with van der Waals surface area (Å²) >= 11 is 0. The third-order valence-corrected chi connectivity index (χ3v) is 2.67. The first-order valence-corrected chi connectivity index (χ1v) is 6.58. The van der Waals surface area contributed by atoms with E-state index in [1.807, 2.05) is 0 Å². The van der Waals surface area contributed by atoms with Gasteiger partial charge in [0.2, 0.25) is 0 Å². The average molecular weight is 245 g/mol. The van der Waals surface area contributed by atoms with Crippen LogP contribution in [0.25, 0.3) is 0 Å². The maximum atomic E-state index is 5.47. The first-order chi connectivity index (χ1) is 7.77. The summed E-state index contributed by atoms with van der Waals surface area (Å²) in [4.78, 5) is 0. The Labute approximate surface area is 107 Å². The highest BCUT2D eigenvalue weighted by Crippen LogP contribution is 2.22. The number of ether oxygens (including phenoxy) is 2. The van der Waals surface area contributed by atoms with Gasteiger partial charge >= 0.3 is 0 Å². The Kier molecular flexibility index (Phi) is 8.01. The first kappa shape index (κ1) is 16.9. The molecule has 0 atom stereocenters. The molecule has 3 heteroatoms. The molecule has 0 saturated carbocycles. The molecule has 0 unspecified atom stereocenters. The van der Waals surface area contributed by atoms with Gasteiger partial charge in [-0.25, -0.2) is 0 Å². The Morgan fingerprint density at radius 1 is 0.941 bits per heavy atom. The van der Waals surface area contributed by atoms with Crippen molar-refractivity contribution in [2.75, 3.05) is 33.5 Å². The summed E-state index contributed by atoms with van der Waals surface area (Å²) < 4.78 is 10.4. The van der Waals surface area contributed by atoms with E-state index < -0.39 is 0 Å². The number of hydrogen-bond donors (Lipinski definition) is 1. The van der Waals surface area contributed by atoms with Gasteiger partial charge in [-0.05, 0) is 39.0 Å². The number of nitrogens with one attached hydrogen (secondary N) is 1. The largest absolute Gasteiger partial charge is 0.382 e. The van der Waals surface area contributed by atoms with Crippen molar-refractivity contribution in [1.82, 2.24) is 5.32 Å². The monoisotopic (exact) mass is 245 g/mol. The molecule has 0 heterocycles. The van der Waals surface area contributed by atoms with Gasteiger partial charge in [-0.3, -0.25) is 0 Å². The molecule has 0 aliphatic heterocycles. The minimum absolute atomic E-state index is 0.201. The van der Waals surface area contributed by atoms with E-state index in [-0.39, 0.29) is 5.54 Å². The van der Waals surface area contributed by atoms with Gasteiger partial charge < -0.3 is 14.8 Å². The smallest absolute Gasteiger partial charge is 0.0700 e. The predicted molar refractivity (Wildman–Crippen MR) is 73.5 cm³/mol. The normalized spacial score (nSPS) is 13.1. The molecule has 0 spiro atoms. The third kappa shape index (κ3) is 12.1. The van der Waals surface area contributed by atoms with Crippen LogP contribution in [-0.2, 0) is 9.47 Å². The molecule has 0 aliphatic rings. The Morgan fingerprint density at radius 3 is 2.12 bits per heavy atom. The second kappa shape index (κ2) is 8.06. The minimum atomic E-state index is 0.201. The van der Waals surface area contributed by atoms with E-state index in [1.54, 1.807) is 7.11 Å². The van der Waals surface area contributed by atoms with Crippen LogP contribution in [0.3, 0.4) is 0 Å². The molecule has 0 aliphatic carbocycles. The van der Waals surface area contributed by atoms with Gasteiger partial charge in [0, 0.05) is 25.8 Å². The lowest BCUT2D eigenvalue weighted by Crippen LogP contribution is -2.42. The third-order valence-electron chi connectivity index (χ3n) is 2.67. The Hall–Kier alpha value is -0.120. The quantitative estimate of drug-likeness (QED) is 0.634. The highest BCUT2D eigenvalue weighted by Gasteiger charge is 2.20. The van der Waals surface area contributed by atoms with E-state index in [2.05, 4.69) is 39.9 Å². The lowest BCUT2D eigenvalue weighted by Gasteiger charge is -2.30. The molecule has 0 fully saturated rings. The molecule has 0 bridgehead atoms. The van der Waals surface area contributed by atoms with E-state index in [4.69, 9.17) is 9.47 Å². The van der Waals surface area contributed by atoms with Crippen molar-refractivity contribution in [3.8, 4) is 0 Å². The molecule has 104 valence electrons. The minimum Gasteiger partial charge on any atom is -0.382 e. The van der Waals surface area contributed by atoms with E-state index in [1.165, 1.54) is 6.42 Å². The zero-order chi connectivity index (χ0) is 13.4. The van der Waals surface area contributed by atoms with Crippen molar-refractivity contribution < 1.29 is 9.47 Å².